The molecule has 0 spiro atoms. The summed E-state index contributed by atoms with van der Waals surface area (Å²) in [5, 5.41) is 18.9. The predicted molar refractivity (Wildman–Crippen MR) is 99.7 cm³/mol. The number of carboxylic acids is 1. The fourth-order valence-corrected chi connectivity index (χ4v) is 3.38. The van der Waals surface area contributed by atoms with E-state index in [1.807, 2.05) is 36.1 Å². The molecule has 1 aliphatic rings. The monoisotopic (exact) mass is 372 g/mol. The second-order valence-electron chi connectivity index (χ2n) is 6.64. The van der Waals surface area contributed by atoms with Gasteiger partial charge in [0.1, 0.15) is 5.75 Å². The molecule has 1 fully saturated rings. The first-order valence-corrected chi connectivity index (χ1v) is 8.96. The molecule has 8 nitrogen and oxygen atoms in total. The van der Waals surface area contributed by atoms with Crippen molar-refractivity contribution in [3.63, 3.8) is 0 Å². The van der Waals surface area contributed by atoms with Gasteiger partial charge in [0.25, 0.3) is 5.91 Å². The molecule has 144 valence electrons. The Bertz CT molecular complexity index is 796. The Morgan fingerprint density at radius 1 is 1.33 bits per heavy atom. The highest BCUT2D eigenvalue weighted by atomic mass is 16.5. The molecule has 8 heteroatoms. The van der Waals surface area contributed by atoms with Crippen LogP contribution in [0.2, 0.25) is 0 Å². The van der Waals surface area contributed by atoms with Crippen molar-refractivity contribution in [2.24, 2.45) is 0 Å². The van der Waals surface area contributed by atoms with Crippen LogP contribution in [-0.2, 0) is 4.79 Å². The van der Waals surface area contributed by atoms with Crippen LogP contribution in [0, 0.1) is 0 Å². The number of hydrogen-bond donors (Lipinski definition) is 3. The van der Waals surface area contributed by atoms with Gasteiger partial charge in [0.2, 0.25) is 0 Å². The zero-order valence-corrected chi connectivity index (χ0v) is 15.4. The average molecular weight is 372 g/mol. The molecule has 1 amide bonds. The summed E-state index contributed by atoms with van der Waals surface area (Å²) in [7, 11) is 1.60. The molecular weight excluding hydrogens is 348 g/mol. The molecular formula is C19H24N4O4. The van der Waals surface area contributed by atoms with E-state index in [-0.39, 0.29) is 24.5 Å². The number of carboxylic acid groups (broad SMARTS) is 1. The van der Waals surface area contributed by atoms with E-state index in [0.717, 1.165) is 24.2 Å². The van der Waals surface area contributed by atoms with E-state index < -0.39 is 5.97 Å². The molecule has 0 aliphatic heterocycles. The minimum atomic E-state index is -0.827. The Morgan fingerprint density at radius 2 is 2.04 bits per heavy atom. The number of nitrogens with one attached hydrogen (secondary N) is 2. The molecule has 0 bridgehead atoms. The third-order valence-corrected chi connectivity index (χ3v) is 4.97. The zero-order valence-electron chi connectivity index (χ0n) is 15.4. The lowest BCUT2D eigenvalue weighted by Crippen LogP contribution is -2.54. The maximum atomic E-state index is 12.6. The minimum absolute atomic E-state index is 0.0329. The van der Waals surface area contributed by atoms with Gasteiger partial charge in [0.05, 0.1) is 31.1 Å². The van der Waals surface area contributed by atoms with Gasteiger partial charge in [-0.05, 0) is 43.7 Å². The first-order valence-electron chi connectivity index (χ1n) is 8.96. The summed E-state index contributed by atoms with van der Waals surface area (Å²) in [6.45, 7) is 2.66. The first-order chi connectivity index (χ1) is 13.0. The number of hydrogen-bond acceptors (Lipinski definition) is 5. The molecule has 1 aromatic carbocycles. The first kappa shape index (κ1) is 18.9. The fourth-order valence-electron chi connectivity index (χ4n) is 3.38. The van der Waals surface area contributed by atoms with Gasteiger partial charge < -0.3 is 15.2 Å². The Morgan fingerprint density at radius 3 is 2.63 bits per heavy atom. The average Bonchev–Trinajstić information content (AvgIpc) is 3.12. The van der Waals surface area contributed by atoms with Gasteiger partial charge in [-0.25, -0.2) is 0 Å². The van der Waals surface area contributed by atoms with Crippen LogP contribution in [0.3, 0.4) is 0 Å². The quantitative estimate of drug-likeness (QED) is 0.652. The standard InChI is InChI=1S/C19H24N4O4/c1-3-23(11-17(24)25)14-8-13(9-14)21-19(26)16-10-20-22-18(16)12-4-6-15(27-2)7-5-12/h4-7,10,13-14H,3,8-9,11H2,1-2H3,(H,20,22)(H,21,26)(H,24,25). The van der Waals surface area contributed by atoms with Crippen LogP contribution in [0.4, 0.5) is 0 Å². The third-order valence-electron chi connectivity index (χ3n) is 4.97. The molecule has 1 saturated carbocycles. The highest BCUT2D eigenvalue weighted by Gasteiger charge is 2.35. The number of carbonyl (C=O) groups excluding carboxylic acids is 1. The number of ether oxygens (including phenoxy) is 1. The molecule has 3 N–H and O–H groups in total. The van der Waals surface area contributed by atoms with Gasteiger partial charge in [-0.2, -0.15) is 5.10 Å². The van der Waals surface area contributed by atoms with Crippen molar-refractivity contribution < 1.29 is 19.4 Å². The molecule has 1 heterocycles. The number of benzene rings is 1. The van der Waals surface area contributed by atoms with E-state index in [9.17, 15) is 9.59 Å². The molecule has 1 aliphatic carbocycles. The van der Waals surface area contributed by atoms with Gasteiger partial charge in [-0.3, -0.25) is 19.6 Å². The summed E-state index contributed by atoms with van der Waals surface area (Å²) in [4.78, 5) is 25.5. The van der Waals surface area contributed by atoms with Crippen molar-refractivity contribution in [3.8, 4) is 17.0 Å². The summed E-state index contributed by atoms with van der Waals surface area (Å²) in [6.07, 6.45) is 3.03. The smallest absolute Gasteiger partial charge is 0.317 e. The van der Waals surface area contributed by atoms with Crippen molar-refractivity contribution in [3.05, 3.63) is 36.0 Å². The maximum absolute atomic E-state index is 12.6. The Labute approximate surface area is 157 Å². The van der Waals surface area contributed by atoms with Gasteiger partial charge in [-0.15, -0.1) is 0 Å². The maximum Gasteiger partial charge on any atom is 0.317 e. The normalized spacial score (nSPS) is 18.8. The Hall–Kier alpha value is -2.87. The van der Waals surface area contributed by atoms with Crippen LogP contribution >= 0.6 is 0 Å². The molecule has 0 radical (unpaired) electrons. The SMILES string of the molecule is CCN(CC(=O)O)C1CC(NC(=O)c2cn[nH]c2-c2ccc(OC)cc2)C1. The topological polar surface area (TPSA) is 108 Å². The number of nitrogens with zero attached hydrogens (tertiary/aromatic N) is 2. The lowest BCUT2D eigenvalue weighted by Gasteiger charge is -2.42. The van der Waals surface area contributed by atoms with E-state index in [1.165, 1.54) is 6.20 Å². The Kier molecular flexibility index (Phi) is 5.75. The van der Waals surface area contributed by atoms with Gasteiger partial charge in [0, 0.05) is 17.6 Å². The van der Waals surface area contributed by atoms with Gasteiger partial charge in [0.15, 0.2) is 0 Å². The van der Waals surface area contributed by atoms with Crippen LogP contribution in [0.5, 0.6) is 5.75 Å². The lowest BCUT2D eigenvalue weighted by atomic mass is 9.85. The highest BCUT2D eigenvalue weighted by Crippen LogP contribution is 2.27. The number of aromatic amines is 1. The zero-order chi connectivity index (χ0) is 19.4. The van der Waals surface area contributed by atoms with Crippen molar-refractivity contribution in [2.45, 2.75) is 31.8 Å². The minimum Gasteiger partial charge on any atom is -0.497 e. The van der Waals surface area contributed by atoms with E-state index in [4.69, 9.17) is 9.84 Å². The number of H-pyrrole nitrogens is 1. The van der Waals surface area contributed by atoms with Crippen molar-refractivity contribution in [2.75, 3.05) is 20.2 Å². The number of carbonyl (C=O) groups is 2. The molecule has 0 atom stereocenters. The fraction of sp³-hybridized carbons (Fsp3) is 0.421. The van der Waals surface area contributed by atoms with Crippen LogP contribution in [0.1, 0.15) is 30.1 Å². The summed E-state index contributed by atoms with van der Waals surface area (Å²) < 4.78 is 5.16. The number of aliphatic carboxylic acids is 1. The van der Waals surface area contributed by atoms with Crippen LogP contribution < -0.4 is 10.1 Å². The molecule has 3 rings (SSSR count). The van der Waals surface area contributed by atoms with Gasteiger partial charge >= 0.3 is 5.97 Å². The largest absolute Gasteiger partial charge is 0.497 e. The van der Waals surface area contributed by atoms with Crippen LogP contribution in [-0.4, -0.2) is 64.4 Å². The molecule has 0 unspecified atom stereocenters. The number of aromatic nitrogens is 2. The predicted octanol–water partition coefficient (Wildman–Crippen LogP) is 1.75. The summed E-state index contributed by atoms with van der Waals surface area (Å²) in [6, 6.07) is 7.64. The highest BCUT2D eigenvalue weighted by molar-refractivity contribution is 6.00. The second kappa shape index (κ2) is 8.22. The molecule has 1 aromatic heterocycles. The van der Waals surface area contributed by atoms with Crippen molar-refractivity contribution >= 4 is 11.9 Å². The number of rotatable bonds is 8. The third kappa shape index (κ3) is 4.28. The summed E-state index contributed by atoms with van der Waals surface area (Å²) in [5.41, 5.74) is 2.00. The van der Waals surface area contributed by atoms with Crippen molar-refractivity contribution in [1.82, 2.24) is 20.4 Å². The number of amides is 1. The number of likely N-dealkylation sites (N-methyl/N-ethyl adjacent to an activating group) is 1. The van der Waals surface area contributed by atoms with E-state index in [2.05, 4.69) is 15.5 Å². The second-order valence-corrected chi connectivity index (χ2v) is 6.64. The van der Waals surface area contributed by atoms with Crippen LogP contribution in [0.15, 0.2) is 30.5 Å². The molecule has 27 heavy (non-hydrogen) atoms. The number of methoxy groups -OCH3 is 1. The van der Waals surface area contributed by atoms with E-state index in [0.29, 0.717) is 17.8 Å². The summed E-state index contributed by atoms with van der Waals surface area (Å²) in [5.74, 6) is -0.266. The summed E-state index contributed by atoms with van der Waals surface area (Å²) >= 11 is 0. The van der Waals surface area contributed by atoms with Crippen molar-refractivity contribution in [1.29, 1.82) is 0 Å². The molecule has 0 saturated heterocycles. The van der Waals surface area contributed by atoms with Crippen LogP contribution in [0.25, 0.3) is 11.3 Å². The van der Waals surface area contributed by atoms with E-state index >= 15 is 0 Å². The molecule has 2 aromatic rings. The lowest BCUT2D eigenvalue weighted by molar-refractivity contribution is -0.139. The Balaban J connectivity index is 1.60. The van der Waals surface area contributed by atoms with E-state index in [1.54, 1.807) is 7.11 Å². The van der Waals surface area contributed by atoms with Gasteiger partial charge in [-0.1, -0.05) is 6.92 Å².